The van der Waals surface area contributed by atoms with Crippen molar-refractivity contribution in [3.8, 4) is 5.75 Å². The van der Waals surface area contributed by atoms with Gasteiger partial charge in [-0.05, 0) is 36.8 Å². The first kappa shape index (κ1) is 12.9. The highest BCUT2D eigenvalue weighted by Gasteiger charge is 2.26. The van der Waals surface area contributed by atoms with Gasteiger partial charge in [-0.25, -0.2) is 0 Å². The number of hydrogen-bond donors (Lipinski definition) is 2. The summed E-state index contributed by atoms with van der Waals surface area (Å²) in [6, 6.07) is 10.7. The maximum absolute atomic E-state index is 12.1. The topological polar surface area (TPSA) is 49.3 Å². The van der Waals surface area contributed by atoms with Crippen LogP contribution in [0.2, 0.25) is 0 Å². The van der Waals surface area contributed by atoms with Crippen molar-refractivity contribution in [1.82, 2.24) is 0 Å². The molecule has 20 heavy (non-hydrogen) atoms. The van der Waals surface area contributed by atoms with E-state index in [1.807, 2.05) is 25.1 Å². The number of fused-ring (bicyclic) bond motifs is 1. The molecule has 0 radical (unpaired) electrons. The number of phenolic OH excluding ortho intramolecular Hbond substituents is 1. The fourth-order valence-corrected chi connectivity index (χ4v) is 2.67. The molecular formula is C16H12BrNO2. The van der Waals surface area contributed by atoms with E-state index in [0.717, 1.165) is 21.3 Å². The summed E-state index contributed by atoms with van der Waals surface area (Å²) in [6.07, 6.45) is 1.72. The van der Waals surface area contributed by atoms with Gasteiger partial charge >= 0.3 is 0 Å². The maximum atomic E-state index is 12.1. The van der Waals surface area contributed by atoms with Crippen LogP contribution in [0.3, 0.4) is 0 Å². The highest BCUT2D eigenvalue weighted by Crippen LogP contribution is 2.39. The van der Waals surface area contributed by atoms with E-state index in [2.05, 4.69) is 21.2 Å². The van der Waals surface area contributed by atoms with Gasteiger partial charge in [0.2, 0.25) is 0 Å². The minimum Gasteiger partial charge on any atom is -0.507 e. The molecule has 2 aromatic rings. The summed E-state index contributed by atoms with van der Waals surface area (Å²) in [6.45, 7) is 1.96. The zero-order valence-corrected chi connectivity index (χ0v) is 12.4. The standard InChI is InChI=1S/C16H12BrNO2/c1-9-12(17)6-7-13-15(9)11(16(20)18-13)8-10-4-2-3-5-14(10)19/h2-8,19H,1H3,(H,18,20). The Morgan fingerprint density at radius 2 is 1.95 bits per heavy atom. The summed E-state index contributed by atoms with van der Waals surface area (Å²) in [5, 5.41) is 12.7. The average Bonchev–Trinajstić information content (AvgIpc) is 2.74. The second-order valence-corrected chi connectivity index (χ2v) is 5.52. The van der Waals surface area contributed by atoms with E-state index in [1.54, 1.807) is 24.3 Å². The van der Waals surface area contributed by atoms with Crippen LogP contribution in [0.5, 0.6) is 5.75 Å². The van der Waals surface area contributed by atoms with E-state index in [4.69, 9.17) is 0 Å². The number of carbonyl (C=O) groups excluding carboxylic acids is 1. The normalized spacial score (nSPS) is 15.3. The highest BCUT2D eigenvalue weighted by atomic mass is 79.9. The molecule has 3 rings (SSSR count). The Morgan fingerprint density at radius 3 is 2.70 bits per heavy atom. The molecule has 1 amide bonds. The number of benzene rings is 2. The average molecular weight is 330 g/mol. The van der Waals surface area contributed by atoms with Crippen LogP contribution in [0, 0.1) is 6.92 Å². The van der Waals surface area contributed by atoms with E-state index in [0.29, 0.717) is 11.1 Å². The number of phenols is 1. The van der Waals surface area contributed by atoms with Gasteiger partial charge in [-0.2, -0.15) is 0 Å². The Bertz CT molecular complexity index is 750. The molecule has 0 saturated carbocycles. The van der Waals surface area contributed by atoms with Crippen molar-refractivity contribution in [2.75, 3.05) is 5.32 Å². The Hall–Kier alpha value is -2.07. The maximum Gasteiger partial charge on any atom is 0.256 e. The van der Waals surface area contributed by atoms with Crippen LogP contribution in [0.25, 0.3) is 11.6 Å². The molecule has 2 aromatic carbocycles. The van der Waals surface area contributed by atoms with Gasteiger partial charge in [0.25, 0.3) is 5.91 Å². The number of aromatic hydroxyl groups is 1. The smallest absolute Gasteiger partial charge is 0.256 e. The molecule has 0 saturated heterocycles. The molecule has 100 valence electrons. The van der Waals surface area contributed by atoms with Gasteiger partial charge in [0.15, 0.2) is 0 Å². The number of nitrogens with one attached hydrogen (secondary N) is 1. The third-order valence-corrected chi connectivity index (χ3v) is 4.26. The summed E-state index contributed by atoms with van der Waals surface area (Å²) in [4.78, 5) is 12.1. The van der Waals surface area contributed by atoms with Crippen molar-refractivity contribution in [3.63, 3.8) is 0 Å². The van der Waals surface area contributed by atoms with Crippen LogP contribution >= 0.6 is 15.9 Å². The van der Waals surface area contributed by atoms with Crippen molar-refractivity contribution in [2.24, 2.45) is 0 Å². The number of amides is 1. The predicted molar refractivity (Wildman–Crippen MR) is 83.5 cm³/mol. The van der Waals surface area contributed by atoms with E-state index in [-0.39, 0.29) is 11.7 Å². The molecule has 2 N–H and O–H groups in total. The van der Waals surface area contributed by atoms with Crippen molar-refractivity contribution in [2.45, 2.75) is 6.92 Å². The summed E-state index contributed by atoms with van der Waals surface area (Å²) in [5.74, 6) is 0.0124. The van der Waals surface area contributed by atoms with E-state index < -0.39 is 0 Å². The summed E-state index contributed by atoms with van der Waals surface area (Å²) < 4.78 is 0.955. The lowest BCUT2D eigenvalue weighted by molar-refractivity contribution is -0.110. The van der Waals surface area contributed by atoms with Crippen LogP contribution < -0.4 is 5.32 Å². The quantitative estimate of drug-likeness (QED) is 0.778. The SMILES string of the molecule is Cc1c(Br)ccc2c1C(=Cc1ccccc1O)C(=O)N2. The molecule has 3 nitrogen and oxygen atoms in total. The lowest BCUT2D eigenvalue weighted by atomic mass is 9.99. The fourth-order valence-electron chi connectivity index (χ4n) is 2.34. The number of rotatable bonds is 1. The molecular weight excluding hydrogens is 318 g/mol. The number of para-hydroxylation sites is 1. The van der Waals surface area contributed by atoms with Gasteiger partial charge in [0.05, 0.1) is 5.57 Å². The number of hydrogen-bond acceptors (Lipinski definition) is 2. The van der Waals surface area contributed by atoms with Crippen molar-refractivity contribution in [1.29, 1.82) is 0 Å². The van der Waals surface area contributed by atoms with Crippen LogP contribution in [0.1, 0.15) is 16.7 Å². The first-order valence-corrected chi connectivity index (χ1v) is 6.98. The summed E-state index contributed by atoms with van der Waals surface area (Å²) in [7, 11) is 0. The molecule has 0 atom stereocenters. The molecule has 0 fully saturated rings. The second-order valence-electron chi connectivity index (χ2n) is 4.67. The van der Waals surface area contributed by atoms with Gasteiger partial charge in [0.1, 0.15) is 5.75 Å². The minimum absolute atomic E-state index is 0.149. The molecule has 0 spiro atoms. The number of carbonyl (C=O) groups is 1. The van der Waals surface area contributed by atoms with Crippen molar-refractivity contribution >= 4 is 39.2 Å². The summed E-state index contributed by atoms with van der Waals surface area (Å²) in [5.41, 5.74) is 3.89. The largest absolute Gasteiger partial charge is 0.507 e. The fraction of sp³-hybridized carbons (Fsp3) is 0.0625. The lowest BCUT2D eigenvalue weighted by Crippen LogP contribution is -2.03. The van der Waals surface area contributed by atoms with Gasteiger partial charge in [-0.1, -0.05) is 34.1 Å². The van der Waals surface area contributed by atoms with Crippen molar-refractivity contribution in [3.05, 3.63) is 57.6 Å². The third-order valence-electron chi connectivity index (χ3n) is 3.40. The molecule has 0 aliphatic carbocycles. The minimum atomic E-state index is -0.149. The zero-order valence-electron chi connectivity index (χ0n) is 10.8. The van der Waals surface area contributed by atoms with E-state index in [9.17, 15) is 9.90 Å². The predicted octanol–water partition coefficient (Wildman–Crippen LogP) is 3.96. The molecule has 0 aromatic heterocycles. The Balaban J connectivity index is 2.20. The molecule has 0 bridgehead atoms. The first-order chi connectivity index (χ1) is 9.58. The van der Waals surface area contributed by atoms with Crippen LogP contribution in [-0.2, 0) is 4.79 Å². The van der Waals surface area contributed by atoms with Gasteiger partial charge < -0.3 is 10.4 Å². The molecule has 0 unspecified atom stereocenters. The van der Waals surface area contributed by atoms with Gasteiger partial charge in [-0.3, -0.25) is 4.79 Å². The van der Waals surface area contributed by atoms with Crippen LogP contribution in [-0.4, -0.2) is 11.0 Å². The van der Waals surface area contributed by atoms with E-state index in [1.165, 1.54) is 0 Å². The molecule has 1 aliphatic rings. The van der Waals surface area contributed by atoms with Gasteiger partial charge in [0, 0.05) is 21.3 Å². The van der Waals surface area contributed by atoms with E-state index >= 15 is 0 Å². The zero-order chi connectivity index (χ0) is 14.3. The molecule has 1 aliphatic heterocycles. The Labute approximate surface area is 125 Å². The van der Waals surface area contributed by atoms with Gasteiger partial charge in [-0.15, -0.1) is 0 Å². The van der Waals surface area contributed by atoms with Crippen LogP contribution in [0.15, 0.2) is 40.9 Å². The van der Waals surface area contributed by atoms with Crippen molar-refractivity contribution < 1.29 is 9.90 Å². The molecule has 4 heteroatoms. The Morgan fingerprint density at radius 1 is 1.20 bits per heavy atom. The second kappa shape index (κ2) is 4.80. The number of anilines is 1. The Kier molecular flexibility index (Phi) is 3.10. The van der Waals surface area contributed by atoms with Crippen LogP contribution in [0.4, 0.5) is 5.69 Å². The highest BCUT2D eigenvalue weighted by molar-refractivity contribution is 9.10. The number of halogens is 1. The summed E-state index contributed by atoms with van der Waals surface area (Å²) >= 11 is 3.48. The lowest BCUT2D eigenvalue weighted by Gasteiger charge is -2.06. The molecule has 1 heterocycles. The third kappa shape index (κ3) is 2.02. The first-order valence-electron chi connectivity index (χ1n) is 6.18. The monoisotopic (exact) mass is 329 g/mol.